The summed E-state index contributed by atoms with van der Waals surface area (Å²) in [4.78, 5) is 2.38. The maximum absolute atomic E-state index is 3.36. The molecule has 11 aromatic carbocycles. The normalized spacial score (nSPS) is 11.0. The van der Waals surface area contributed by atoms with Crippen LogP contribution >= 0.6 is 0 Å². The van der Waals surface area contributed by atoms with Crippen LogP contribution in [0.5, 0.6) is 0 Å². The third-order valence-corrected chi connectivity index (χ3v) is 12.0. The van der Waals surface area contributed by atoms with Crippen LogP contribution in [-0.2, 0) is 0 Å². The fourth-order valence-electron chi connectivity index (χ4n) is 8.77. The van der Waals surface area contributed by atoms with Crippen molar-refractivity contribution in [2.24, 2.45) is 0 Å². The molecule has 1 nitrogen and oxygen atoms in total. The Labute approximate surface area is 369 Å². The predicted molar refractivity (Wildman–Crippen MR) is 273 cm³/mol. The van der Waals surface area contributed by atoms with Gasteiger partial charge in [-0.1, -0.05) is 201 Å². The van der Waals surface area contributed by atoms with Crippen molar-refractivity contribution in [2.45, 2.75) is 0 Å². The van der Waals surface area contributed by atoms with Crippen LogP contribution in [0.15, 0.2) is 262 Å². The molecule has 63 heavy (non-hydrogen) atoms. The van der Waals surface area contributed by atoms with Crippen molar-refractivity contribution in [3.8, 4) is 44.5 Å². The number of nitrogens with zero attached hydrogens (tertiary/aromatic N) is 1. The van der Waals surface area contributed by atoms with Crippen LogP contribution < -0.4 is 4.90 Å². The summed E-state index contributed by atoms with van der Waals surface area (Å²) in [5, 5.41) is 10.1. The Bertz CT molecular complexity index is 3340. The minimum atomic E-state index is 1.10. The molecule has 0 spiro atoms. The summed E-state index contributed by atoms with van der Waals surface area (Å²) >= 11 is 0. The highest BCUT2D eigenvalue weighted by Crippen LogP contribution is 2.40. The molecule has 0 N–H and O–H groups in total. The molecule has 298 valence electrons. The van der Waals surface area contributed by atoms with Gasteiger partial charge in [0.15, 0.2) is 0 Å². The Morgan fingerprint density at radius 1 is 0.238 bits per heavy atom. The van der Waals surface area contributed by atoms with E-state index in [2.05, 4.69) is 255 Å². The van der Waals surface area contributed by atoms with Crippen molar-refractivity contribution < 1.29 is 0 Å². The summed E-state index contributed by atoms with van der Waals surface area (Å²) in [5.41, 5.74) is 12.9. The van der Waals surface area contributed by atoms with Crippen LogP contribution in [0.4, 0.5) is 17.1 Å². The highest BCUT2D eigenvalue weighted by molar-refractivity contribution is 6.09. The molecule has 0 saturated heterocycles. The summed E-state index contributed by atoms with van der Waals surface area (Å²) in [6, 6.07) is 86.3. The lowest BCUT2D eigenvalue weighted by Crippen LogP contribution is -2.09. The zero-order valence-corrected chi connectivity index (χ0v) is 35.0. The van der Waals surface area contributed by atoms with Crippen LogP contribution in [-0.4, -0.2) is 0 Å². The molecule has 0 atom stereocenters. The molecule has 0 bridgehead atoms. The lowest BCUT2D eigenvalue weighted by atomic mass is 9.93. The first-order valence-electron chi connectivity index (χ1n) is 21.5. The lowest BCUT2D eigenvalue weighted by molar-refractivity contribution is 1.29. The van der Waals surface area contributed by atoms with Crippen molar-refractivity contribution in [3.63, 3.8) is 0 Å². The van der Waals surface area contributed by atoms with Crippen molar-refractivity contribution in [1.82, 2.24) is 0 Å². The minimum Gasteiger partial charge on any atom is -0.310 e. The standard InChI is InChI=1S/C58H39N.C4H6/c1-3-11-40(12-4-1)49-36-50(41-13-5-2-6-14-41)38-51(37-49)43-25-30-53(31-26-43)59(54-32-34-58-48(39-54)22-20-45-16-8-10-18-56(45)58)52-28-23-42(24-29-52)46-27-33-57-47(35-46)21-19-44-15-7-9-17-55(44)57;1-3-4-2/h1-39H;3-4H,1-2H2. The first kappa shape index (κ1) is 38.9. The van der Waals surface area contributed by atoms with Gasteiger partial charge >= 0.3 is 0 Å². The highest BCUT2D eigenvalue weighted by atomic mass is 15.1. The number of anilines is 3. The maximum atomic E-state index is 3.36. The van der Waals surface area contributed by atoms with Gasteiger partial charge < -0.3 is 4.90 Å². The Kier molecular flexibility index (Phi) is 10.7. The molecule has 0 fully saturated rings. The van der Waals surface area contributed by atoms with Crippen molar-refractivity contribution in [2.75, 3.05) is 4.90 Å². The summed E-state index contributed by atoms with van der Waals surface area (Å²) in [6.45, 7) is 6.72. The second-order valence-corrected chi connectivity index (χ2v) is 15.8. The summed E-state index contributed by atoms with van der Waals surface area (Å²) in [7, 11) is 0. The summed E-state index contributed by atoms with van der Waals surface area (Å²) in [5.74, 6) is 0. The fourth-order valence-corrected chi connectivity index (χ4v) is 8.77. The quantitative estimate of drug-likeness (QED) is 0.109. The lowest BCUT2D eigenvalue weighted by Gasteiger charge is -2.26. The van der Waals surface area contributed by atoms with Gasteiger partial charge in [-0.05, 0) is 148 Å². The number of hydrogen-bond donors (Lipinski definition) is 0. The van der Waals surface area contributed by atoms with E-state index in [-0.39, 0.29) is 0 Å². The van der Waals surface area contributed by atoms with Crippen molar-refractivity contribution >= 4 is 60.2 Å². The summed E-state index contributed by atoms with van der Waals surface area (Å²) in [6.07, 6.45) is 3.28. The van der Waals surface area contributed by atoms with E-state index in [1.165, 1.54) is 87.6 Å². The molecule has 11 rings (SSSR count). The van der Waals surface area contributed by atoms with Crippen LogP contribution in [0, 0.1) is 0 Å². The summed E-state index contributed by atoms with van der Waals surface area (Å²) < 4.78 is 0. The van der Waals surface area contributed by atoms with Crippen LogP contribution in [0.2, 0.25) is 0 Å². The van der Waals surface area contributed by atoms with Gasteiger partial charge in [0.05, 0.1) is 0 Å². The molecule has 0 amide bonds. The van der Waals surface area contributed by atoms with E-state index in [0.29, 0.717) is 0 Å². The van der Waals surface area contributed by atoms with Crippen molar-refractivity contribution in [1.29, 1.82) is 0 Å². The first-order chi connectivity index (χ1) is 31.1. The SMILES string of the molecule is C=CC=C.c1ccc(-c2cc(-c3ccccc3)cc(-c3ccc(N(c4ccc(-c5ccc6c(ccc7ccccc76)c5)cc4)c4ccc5c(ccc6ccccc65)c4)cc3)c2)cc1. The third kappa shape index (κ3) is 7.92. The molecular weight excluding hydrogens is 759 g/mol. The Morgan fingerprint density at radius 3 is 1.08 bits per heavy atom. The van der Waals surface area contributed by atoms with E-state index in [4.69, 9.17) is 0 Å². The number of hydrogen-bond acceptors (Lipinski definition) is 1. The highest BCUT2D eigenvalue weighted by Gasteiger charge is 2.16. The van der Waals surface area contributed by atoms with Crippen LogP contribution in [0.25, 0.3) is 87.6 Å². The van der Waals surface area contributed by atoms with Gasteiger partial charge in [-0.2, -0.15) is 0 Å². The minimum absolute atomic E-state index is 1.10. The van der Waals surface area contributed by atoms with Crippen LogP contribution in [0.1, 0.15) is 0 Å². The van der Waals surface area contributed by atoms with E-state index in [1.54, 1.807) is 12.2 Å². The zero-order valence-electron chi connectivity index (χ0n) is 35.0. The predicted octanol–water partition coefficient (Wildman–Crippen LogP) is 17.8. The second-order valence-electron chi connectivity index (χ2n) is 15.8. The fraction of sp³-hybridized carbons (Fsp3) is 0. The molecule has 0 saturated carbocycles. The number of fused-ring (bicyclic) bond motifs is 6. The molecule has 0 aliphatic carbocycles. The average molecular weight is 804 g/mol. The average Bonchev–Trinajstić information content (AvgIpc) is 3.37. The topological polar surface area (TPSA) is 3.24 Å². The smallest absolute Gasteiger partial charge is 0.0468 e. The number of benzene rings is 11. The van der Waals surface area contributed by atoms with E-state index in [0.717, 1.165) is 17.1 Å². The molecule has 11 aromatic rings. The molecule has 0 unspecified atom stereocenters. The monoisotopic (exact) mass is 803 g/mol. The van der Waals surface area contributed by atoms with Gasteiger partial charge in [0.25, 0.3) is 0 Å². The molecule has 0 aliphatic heterocycles. The van der Waals surface area contributed by atoms with Gasteiger partial charge in [-0.3, -0.25) is 0 Å². The van der Waals surface area contributed by atoms with Crippen molar-refractivity contribution in [3.05, 3.63) is 262 Å². The third-order valence-electron chi connectivity index (χ3n) is 12.0. The van der Waals surface area contributed by atoms with Gasteiger partial charge in [0.1, 0.15) is 0 Å². The first-order valence-corrected chi connectivity index (χ1v) is 21.5. The van der Waals surface area contributed by atoms with E-state index < -0.39 is 0 Å². The van der Waals surface area contributed by atoms with Gasteiger partial charge in [0.2, 0.25) is 0 Å². The Morgan fingerprint density at radius 2 is 0.587 bits per heavy atom. The number of rotatable bonds is 8. The molecule has 0 heterocycles. The largest absolute Gasteiger partial charge is 0.310 e. The maximum Gasteiger partial charge on any atom is 0.0468 e. The molecule has 0 aromatic heterocycles. The Balaban J connectivity index is 0.00000113. The number of allylic oxidation sites excluding steroid dienone is 2. The van der Waals surface area contributed by atoms with E-state index in [9.17, 15) is 0 Å². The Hall–Kier alpha value is -8.26. The van der Waals surface area contributed by atoms with E-state index >= 15 is 0 Å². The van der Waals surface area contributed by atoms with Gasteiger partial charge in [-0.25, -0.2) is 0 Å². The zero-order chi connectivity index (χ0) is 42.5. The molecule has 0 aliphatic rings. The molecule has 1 heteroatoms. The van der Waals surface area contributed by atoms with Gasteiger partial charge in [0, 0.05) is 17.1 Å². The van der Waals surface area contributed by atoms with E-state index in [1.807, 2.05) is 0 Å². The molecular formula is C62H45N. The molecule has 0 radical (unpaired) electrons. The second kappa shape index (κ2) is 17.4. The van der Waals surface area contributed by atoms with Crippen LogP contribution in [0.3, 0.4) is 0 Å². The van der Waals surface area contributed by atoms with Gasteiger partial charge in [-0.15, -0.1) is 0 Å².